The van der Waals surface area contributed by atoms with Gasteiger partial charge in [-0.25, -0.2) is 0 Å². The minimum absolute atomic E-state index is 0.0852. The van der Waals surface area contributed by atoms with Crippen LogP contribution in [0.5, 0.6) is 0 Å². The molecule has 0 aromatic rings. The van der Waals surface area contributed by atoms with Gasteiger partial charge < -0.3 is 15.0 Å². The number of ether oxygens (including phenoxy) is 1. The summed E-state index contributed by atoms with van der Waals surface area (Å²) in [5.41, 5.74) is -0.471. The summed E-state index contributed by atoms with van der Waals surface area (Å²) < 4.78 is 5.24. The molecule has 19 heavy (non-hydrogen) atoms. The Labute approximate surface area is 117 Å². The quantitative estimate of drug-likeness (QED) is 0.720. The summed E-state index contributed by atoms with van der Waals surface area (Å²) in [6.45, 7) is 6.78. The van der Waals surface area contributed by atoms with Gasteiger partial charge in [0, 0.05) is 12.1 Å². The topological polar surface area (TPSA) is 41.6 Å². The number of rotatable bonds is 7. The van der Waals surface area contributed by atoms with Crippen molar-refractivity contribution in [3.8, 4) is 0 Å². The second kappa shape index (κ2) is 7.25. The van der Waals surface area contributed by atoms with E-state index in [9.17, 15) is 4.79 Å². The molecule has 1 aliphatic rings. The van der Waals surface area contributed by atoms with Gasteiger partial charge in [-0.1, -0.05) is 13.8 Å². The Kier molecular flexibility index (Phi) is 6.27. The normalized spacial score (nSPS) is 27.2. The van der Waals surface area contributed by atoms with Gasteiger partial charge >= 0.3 is 5.97 Å². The van der Waals surface area contributed by atoms with Gasteiger partial charge in [0.1, 0.15) is 5.54 Å². The fourth-order valence-electron chi connectivity index (χ4n) is 3.31. The molecule has 112 valence electrons. The number of carbonyl (C=O) groups is 1. The zero-order valence-electron chi connectivity index (χ0n) is 13.2. The molecule has 1 N–H and O–H groups in total. The summed E-state index contributed by atoms with van der Waals surface area (Å²) >= 11 is 0. The molecule has 1 rings (SSSR count). The Balaban J connectivity index is 2.71. The monoisotopic (exact) mass is 270 g/mol. The van der Waals surface area contributed by atoms with E-state index in [1.165, 1.54) is 0 Å². The molecule has 2 unspecified atom stereocenters. The molecule has 1 fully saturated rings. The van der Waals surface area contributed by atoms with E-state index in [-0.39, 0.29) is 5.97 Å². The molecule has 0 bridgehead atoms. The van der Waals surface area contributed by atoms with E-state index >= 15 is 0 Å². The first-order valence-corrected chi connectivity index (χ1v) is 7.62. The predicted octanol–water partition coefficient (Wildman–Crippen LogP) is 2.18. The summed E-state index contributed by atoms with van der Waals surface area (Å²) in [5.74, 6) is -0.0852. The Morgan fingerprint density at radius 2 is 2.05 bits per heavy atom. The molecule has 0 saturated heterocycles. The van der Waals surface area contributed by atoms with Crippen LogP contribution in [-0.2, 0) is 9.53 Å². The molecular weight excluding hydrogens is 240 g/mol. The first-order valence-electron chi connectivity index (χ1n) is 7.62. The average Bonchev–Trinajstić information content (AvgIpc) is 2.86. The second-order valence-corrected chi connectivity index (χ2v) is 5.58. The van der Waals surface area contributed by atoms with Gasteiger partial charge in [-0.05, 0) is 53.1 Å². The third-order valence-corrected chi connectivity index (χ3v) is 4.73. The molecule has 0 heterocycles. The number of hydrogen-bond acceptors (Lipinski definition) is 4. The van der Waals surface area contributed by atoms with Crippen LogP contribution in [0.4, 0.5) is 0 Å². The highest BCUT2D eigenvalue weighted by molar-refractivity contribution is 5.81. The summed E-state index contributed by atoms with van der Waals surface area (Å²) in [5, 5.41) is 3.22. The van der Waals surface area contributed by atoms with E-state index < -0.39 is 5.54 Å². The van der Waals surface area contributed by atoms with E-state index in [0.717, 1.165) is 32.1 Å². The SMILES string of the molecule is CCOC(=O)C1(NC)CCC(N(C)C(CC)CC)C1. The van der Waals surface area contributed by atoms with E-state index in [1.54, 1.807) is 0 Å². The summed E-state index contributed by atoms with van der Waals surface area (Å²) in [6.07, 6.45) is 5.12. The Hall–Kier alpha value is -0.610. The first-order chi connectivity index (χ1) is 9.04. The van der Waals surface area contributed by atoms with Crippen LogP contribution in [0.25, 0.3) is 0 Å². The zero-order valence-corrected chi connectivity index (χ0v) is 13.2. The maximum Gasteiger partial charge on any atom is 0.326 e. The van der Waals surface area contributed by atoms with Crippen molar-refractivity contribution < 1.29 is 9.53 Å². The van der Waals surface area contributed by atoms with Crippen LogP contribution in [0.15, 0.2) is 0 Å². The Morgan fingerprint density at radius 3 is 2.53 bits per heavy atom. The predicted molar refractivity (Wildman–Crippen MR) is 78.2 cm³/mol. The number of carbonyl (C=O) groups excluding carboxylic acids is 1. The van der Waals surface area contributed by atoms with Crippen LogP contribution in [-0.4, -0.2) is 49.2 Å². The standard InChI is InChI=1S/C15H30N2O2/c1-6-12(7-2)17(5)13-9-10-15(11-13,16-4)14(18)19-8-3/h12-13,16H,6-11H2,1-5H3. The number of likely N-dealkylation sites (N-methyl/N-ethyl adjacent to an activating group) is 1. The largest absolute Gasteiger partial charge is 0.465 e. The second-order valence-electron chi connectivity index (χ2n) is 5.58. The summed E-state index contributed by atoms with van der Waals surface area (Å²) in [4.78, 5) is 14.6. The first kappa shape index (κ1) is 16.4. The molecular formula is C15H30N2O2. The lowest BCUT2D eigenvalue weighted by atomic mass is 9.97. The van der Waals surface area contributed by atoms with Crippen LogP contribution >= 0.6 is 0 Å². The van der Waals surface area contributed by atoms with Crippen LogP contribution < -0.4 is 5.32 Å². The molecule has 0 aliphatic heterocycles. The lowest BCUT2D eigenvalue weighted by Gasteiger charge is -2.33. The molecule has 0 amide bonds. The van der Waals surface area contributed by atoms with E-state index in [4.69, 9.17) is 4.74 Å². The maximum atomic E-state index is 12.2. The fourth-order valence-corrected chi connectivity index (χ4v) is 3.31. The van der Waals surface area contributed by atoms with Crippen LogP contribution in [0.1, 0.15) is 52.9 Å². The highest BCUT2D eigenvalue weighted by Crippen LogP contribution is 2.34. The molecule has 1 saturated carbocycles. The van der Waals surface area contributed by atoms with Gasteiger partial charge in [-0.15, -0.1) is 0 Å². The molecule has 0 spiro atoms. The van der Waals surface area contributed by atoms with E-state index in [1.807, 2.05) is 14.0 Å². The molecule has 4 nitrogen and oxygen atoms in total. The molecule has 0 aromatic heterocycles. The third kappa shape index (κ3) is 3.48. The van der Waals surface area contributed by atoms with Gasteiger partial charge in [-0.3, -0.25) is 4.79 Å². The summed E-state index contributed by atoms with van der Waals surface area (Å²) in [6, 6.07) is 1.08. The number of nitrogens with one attached hydrogen (secondary N) is 1. The van der Waals surface area contributed by atoms with Crippen molar-refractivity contribution >= 4 is 5.97 Å². The third-order valence-electron chi connectivity index (χ3n) is 4.73. The summed E-state index contributed by atoms with van der Waals surface area (Å²) in [7, 11) is 4.07. The van der Waals surface area contributed by atoms with Crippen molar-refractivity contribution in [2.45, 2.75) is 70.5 Å². The minimum Gasteiger partial charge on any atom is -0.465 e. The van der Waals surface area contributed by atoms with E-state index in [0.29, 0.717) is 18.7 Å². The van der Waals surface area contributed by atoms with Gasteiger partial charge in [0.25, 0.3) is 0 Å². The van der Waals surface area contributed by atoms with Gasteiger partial charge in [-0.2, -0.15) is 0 Å². The smallest absolute Gasteiger partial charge is 0.326 e. The lowest BCUT2D eigenvalue weighted by Crippen LogP contribution is -2.51. The zero-order chi connectivity index (χ0) is 14.5. The molecule has 0 radical (unpaired) electrons. The number of nitrogens with zero attached hydrogens (tertiary/aromatic N) is 1. The van der Waals surface area contributed by atoms with Crippen LogP contribution in [0, 0.1) is 0 Å². The van der Waals surface area contributed by atoms with Crippen LogP contribution in [0.2, 0.25) is 0 Å². The van der Waals surface area contributed by atoms with Crippen molar-refractivity contribution in [3.05, 3.63) is 0 Å². The van der Waals surface area contributed by atoms with Crippen molar-refractivity contribution in [2.75, 3.05) is 20.7 Å². The average molecular weight is 270 g/mol. The molecule has 2 atom stereocenters. The van der Waals surface area contributed by atoms with E-state index in [2.05, 4.69) is 31.1 Å². The maximum absolute atomic E-state index is 12.2. The molecule has 4 heteroatoms. The number of esters is 1. The molecule has 0 aromatic carbocycles. The highest BCUT2D eigenvalue weighted by Gasteiger charge is 2.46. The van der Waals surface area contributed by atoms with Gasteiger partial charge in [0.05, 0.1) is 6.61 Å². The highest BCUT2D eigenvalue weighted by atomic mass is 16.5. The van der Waals surface area contributed by atoms with Gasteiger partial charge in [0.2, 0.25) is 0 Å². The van der Waals surface area contributed by atoms with Gasteiger partial charge in [0.15, 0.2) is 0 Å². The van der Waals surface area contributed by atoms with Crippen molar-refractivity contribution in [3.63, 3.8) is 0 Å². The minimum atomic E-state index is -0.471. The van der Waals surface area contributed by atoms with Crippen molar-refractivity contribution in [1.82, 2.24) is 10.2 Å². The number of hydrogen-bond donors (Lipinski definition) is 1. The van der Waals surface area contributed by atoms with Crippen molar-refractivity contribution in [1.29, 1.82) is 0 Å². The van der Waals surface area contributed by atoms with Crippen molar-refractivity contribution in [2.24, 2.45) is 0 Å². The Morgan fingerprint density at radius 1 is 1.42 bits per heavy atom. The lowest BCUT2D eigenvalue weighted by molar-refractivity contribution is -0.151. The fraction of sp³-hybridized carbons (Fsp3) is 0.933. The van der Waals surface area contributed by atoms with Crippen LogP contribution in [0.3, 0.4) is 0 Å². The Bertz CT molecular complexity index is 292. The molecule has 1 aliphatic carbocycles.